The van der Waals surface area contributed by atoms with E-state index in [2.05, 4.69) is 22.3 Å². The number of methoxy groups -OCH3 is 1. The number of hydrogen-bond donors (Lipinski definition) is 2. The molecule has 222 valence electrons. The first kappa shape index (κ1) is 29.9. The van der Waals surface area contributed by atoms with E-state index in [0.717, 1.165) is 22.7 Å². The van der Waals surface area contributed by atoms with Gasteiger partial charge >= 0.3 is 5.97 Å². The molecule has 5 aromatic rings. The van der Waals surface area contributed by atoms with Crippen LogP contribution in [0.2, 0.25) is 0 Å². The van der Waals surface area contributed by atoms with Gasteiger partial charge in [0.25, 0.3) is 0 Å². The van der Waals surface area contributed by atoms with Crippen molar-refractivity contribution in [3.63, 3.8) is 0 Å². The Labute approximate surface area is 257 Å². The van der Waals surface area contributed by atoms with Crippen molar-refractivity contribution in [1.82, 2.24) is 0 Å². The molecule has 7 nitrogen and oxygen atoms in total. The normalized spacial score (nSPS) is 11.3. The summed E-state index contributed by atoms with van der Waals surface area (Å²) in [6.07, 6.45) is 0.223. The lowest BCUT2D eigenvalue weighted by Crippen LogP contribution is -2.32. The summed E-state index contributed by atoms with van der Waals surface area (Å²) in [6.45, 7) is 1.03. The van der Waals surface area contributed by atoms with Gasteiger partial charge in [-0.25, -0.2) is 4.79 Å². The van der Waals surface area contributed by atoms with E-state index in [1.54, 1.807) is 55.6 Å². The van der Waals surface area contributed by atoms with Gasteiger partial charge in [-0.1, -0.05) is 78.9 Å². The van der Waals surface area contributed by atoms with Gasteiger partial charge in [0.2, 0.25) is 0 Å². The van der Waals surface area contributed by atoms with Gasteiger partial charge in [0.05, 0.1) is 13.7 Å². The number of ether oxygens (including phenoxy) is 2. The number of anilines is 3. The van der Waals surface area contributed by atoms with Crippen LogP contribution >= 0.6 is 0 Å². The zero-order chi connectivity index (χ0) is 30.7. The van der Waals surface area contributed by atoms with Gasteiger partial charge < -0.3 is 24.8 Å². The van der Waals surface area contributed by atoms with Crippen LogP contribution in [0, 0.1) is 0 Å². The van der Waals surface area contributed by atoms with Gasteiger partial charge in [0.15, 0.2) is 5.78 Å². The number of ketones is 1. The molecule has 2 N–H and O–H groups in total. The SMILES string of the molecule is COc1cccc(N(CCOc2ccc(C[C@H](Nc3ccccc3C(=O)c3ccccc3)C(=O)O)cc2)c2ccccc2)c1. The highest BCUT2D eigenvalue weighted by atomic mass is 16.5. The maximum Gasteiger partial charge on any atom is 0.326 e. The van der Waals surface area contributed by atoms with Crippen molar-refractivity contribution in [2.75, 3.05) is 30.5 Å². The first-order chi connectivity index (χ1) is 21.5. The Morgan fingerprint density at radius 1 is 0.750 bits per heavy atom. The van der Waals surface area contributed by atoms with Crippen LogP contribution in [0.5, 0.6) is 11.5 Å². The Morgan fingerprint density at radius 3 is 2.11 bits per heavy atom. The largest absolute Gasteiger partial charge is 0.497 e. The summed E-state index contributed by atoms with van der Waals surface area (Å²) in [5, 5.41) is 13.1. The molecule has 44 heavy (non-hydrogen) atoms. The predicted octanol–water partition coefficient (Wildman–Crippen LogP) is 7.25. The topological polar surface area (TPSA) is 88.1 Å². The molecule has 0 aromatic heterocycles. The fraction of sp³-hybridized carbons (Fsp3) is 0.135. The number of carbonyl (C=O) groups excluding carboxylic acids is 1. The maximum atomic E-state index is 13.1. The molecular formula is C37H34N2O5. The lowest BCUT2D eigenvalue weighted by Gasteiger charge is -2.25. The number of benzene rings is 5. The van der Waals surface area contributed by atoms with Crippen molar-refractivity contribution in [2.24, 2.45) is 0 Å². The van der Waals surface area contributed by atoms with Crippen LogP contribution in [-0.2, 0) is 11.2 Å². The van der Waals surface area contributed by atoms with E-state index in [4.69, 9.17) is 9.47 Å². The van der Waals surface area contributed by atoms with E-state index >= 15 is 0 Å². The number of rotatable bonds is 14. The molecule has 0 aliphatic carbocycles. The minimum Gasteiger partial charge on any atom is -0.497 e. The molecule has 7 heteroatoms. The summed E-state index contributed by atoms with van der Waals surface area (Å²) in [6, 6.07) is 40.4. The van der Waals surface area contributed by atoms with Crippen LogP contribution < -0.4 is 19.7 Å². The summed E-state index contributed by atoms with van der Waals surface area (Å²) in [5.74, 6) is 0.286. The second-order valence-electron chi connectivity index (χ2n) is 10.2. The molecule has 0 spiro atoms. The van der Waals surface area contributed by atoms with E-state index in [-0.39, 0.29) is 12.2 Å². The van der Waals surface area contributed by atoms with Crippen molar-refractivity contribution >= 4 is 28.8 Å². The third kappa shape index (κ3) is 7.63. The van der Waals surface area contributed by atoms with Crippen LogP contribution in [0.25, 0.3) is 0 Å². The van der Waals surface area contributed by atoms with E-state index in [0.29, 0.717) is 35.7 Å². The number of hydrogen-bond acceptors (Lipinski definition) is 6. The van der Waals surface area contributed by atoms with E-state index in [9.17, 15) is 14.7 Å². The Morgan fingerprint density at radius 2 is 1.41 bits per heavy atom. The molecule has 0 aliphatic heterocycles. The molecular weight excluding hydrogens is 552 g/mol. The average Bonchev–Trinajstić information content (AvgIpc) is 3.07. The van der Waals surface area contributed by atoms with Crippen molar-refractivity contribution in [3.8, 4) is 11.5 Å². The molecule has 0 fully saturated rings. The van der Waals surface area contributed by atoms with Crippen LogP contribution in [0.4, 0.5) is 17.1 Å². The Balaban J connectivity index is 1.23. The van der Waals surface area contributed by atoms with Gasteiger partial charge in [-0.15, -0.1) is 0 Å². The molecule has 5 aromatic carbocycles. The fourth-order valence-corrected chi connectivity index (χ4v) is 4.95. The number of carbonyl (C=O) groups is 2. The predicted molar refractivity (Wildman–Crippen MR) is 173 cm³/mol. The Bertz CT molecular complexity index is 1670. The standard InChI is InChI=1S/C37H34N2O5/c1-43-32-16-10-15-30(26-32)39(29-13-6-3-7-14-29)23-24-44-31-21-19-27(20-22-31)25-35(37(41)42)38-34-18-9-8-17-33(34)36(40)28-11-4-2-5-12-28/h2-22,26,35,38H,23-25H2,1H3,(H,41,42)/t35-/m0/s1. The maximum absolute atomic E-state index is 13.1. The van der Waals surface area contributed by atoms with Gasteiger partial charge in [0.1, 0.15) is 24.1 Å². The van der Waals surface area contributed by atoms with Crippen LogP contribution in [-0.4, -0.2) is 43.2 Å². The summed E-state index contributed by atoms with van der Waals surface area (Å²) >= 11 is 0. The van der Waals surface area contributed by atoms with Crippen molar-refractivity contribution in [2.45, 2.75) is 12.5 Å². The molecule has 0 saturated heterocycles. The molecule has 0 heterocycles. The second-order valence-corrected chi connectivity index (χ2v) is 10.2. The molecule has 0 unspecified atom stereocenters. The molecule has 0 aliphatic rings. The van der Waals surface area contributed by atoms with Crippen LogP contribution in [0.15, 0.2) is 133 Å². The minimum absolute atomic E-state index is 0.170. The summed E-state index contributed by atoms with van der Waals surface area (Å²) in [5.41, 5.74) is 4.30. The van der Waals surface area contributed by atoms with Crippen molar-refractivity contribution in [3.05, 3.63) is 150 Å². The van der Waals surface area contributed by atoms with Crippen molar-refractivity contribution in [1.29, 1.82) is 0 Å². The van der Waals surface area contributed by atoms with Crippen LogP contribution in [0.3, 0.4) is 0 Å². The number of carboxylic acid groups (broad SMARTS) is 1. The molecule has 1 atom stereocenters. The summed E-state index contributed by atoms with van der Waals surface area (Å²) in [7, 11) is 1.65. The van der Waals surface area contributed by atoms with E-state index in [1.165, 1.54) is 0 Å². The third-order valence-corrected chi connectivity index (χ3v) is 7.22. The number of carboxylic acids is 1. The Hall–Kier alpha value is -5.56. The lowest BCUT2D eigenvalue weighted by atomic mass is 10.00. The Kier molecular flexibility index (Phi) is 9.90. The molecule has 0 amide bonds. The summed E-state index contributed by atoms with van der Waals surface area (Å²) in [4.78, 5) is 27.5. The minimum atomic E-state index is -1.01. The first-order valence-electron chi connectivity index (χ1n) is 14.4. The van der Waals surface area contributed by atoms with E-state index in [1.807, 2.05) is 72.8 Å². The first-order valence-corrected chi connectivity index (χ1v) is 14.4. The average molecular weight is 587 g/mol. The fourth-order valence-electron chi connectivity index (χ4n) is 4.95. The van der Waals surface area contributed by atoms with Gasteiger partial charge in [-0.3, -0.25) is 4.79 Å². The van der Waals surface area contributed by atoms with Gasteiger partial charge in [0, 0.05) is 40.7 Å². The van der Waals surface area contributed by atoms with Gasteiger partial charge in [-0.2, -0.15) is 0 Å². The molecule has 5 rings (SSSR count). The highest BCUT2D eigenvalue weighted by molar-refractivity contribution is 6.12. The third-order valence-electron chi connectivity index (χ3n) is 7.22. The zero-order valence-electron chi connectivity index (χ0n) is 24.4. The van der Waals surface area contributed by atoms with Crippen LogP contribution in [0.1, 0.15) is 21.5 Å². The van der Waals surface area contributed by atoms with Gasteiger partial charge in [-0.05, 0) is 54.1 Å². The van der Waals surface area contributed by atoms with E-state index < -0.39 is 12.0 Å². The second kappa shape index (κ2) is 14.6. The summed E-state index contributed by atoms with van der Waals surface area (Å²) < 4.78 is 11.5. The highest BCUT2D eigenvalue weighted by Gasteiger charge is 2.21. The lowest BCUT2D eigenvalue weighted by molar-refractivity contribution is -0.137. The molecule has 0 radical (unpaired) electrons. The molecule has 0 saturated carbocycles. The monoisotopic (exact) mass is 586 g/mol. The highest BCUT2D eigenvalue weighted by Crippen LogP contribution is 2.28. The quantitative estimate of drug-likeness (QED) is 0.133. The number of aliphatic carboxylic acids is 1. The number of para-hydroxylation sites is 2. The smallest absolute Gasteiger partial charge is 0.326 e. The number of nitrogens with one attached hydrogen (secondary N) is 1. The van der Waals surface area contributed by atoms with Crippen molar-refractivity contribution < 1.29 is 24.2 Å². The zero-order valence-corrected chi connectivity index (χ0v) is 24.4. The number of nitrogens with zero attached hydrogens (tertiary/aromatic N) is 1. The molecule has 0 bridgehead atoms.